The Balaban J connectivity index is 4.28. The maximum Gasteiger partial charge on any atom is 0.306 e. The molecular formula is C38H72O6. The van der Waals surface area contributed by atoms with Gasteiger partial charge in [-0.25, -0.2) is 0 Å². The molecule has 0 fully saturated rings. The van der Waals surface area contributed by atoms with Crippen molar-refractivity contribution in [1.29, 1.82) is 0 Å². The standard InChI is InChI=1S/C38H72O6/c1-5-8-10-12-13-14-19-23-27-31-38(41)44-35(32-42-36(39)29-25-20-11-9-6-2)33-43-37(40)30-26-22-18-16-15-17-21-24-28-34(4)7-3/h34-35H,5-33H2,1-4H3/t34?,35-/m0/s1. The average Bonchev–Trinajstić information content (AvgIpc) is 3.02. The number of carbonyl (C=O) groups is 3. The highest BCUT2D eigenvalue weighted by atomic mass is 16.6. The van der Waals surface area contributed by atoms with Crippen LogP contribution in [-0.4, -0.2) is 37.2 Å². The summed E-state index contributed by atoms with van der Waals surface area (Å²) in [6.45, 7) is 8.86. The molecule has 6 nitrogen and oxygen atoms in total. The number of unbranched alkanes of at least 4 members (excludes halogenated alkanes) is 19. The van der Waals surface area contributed by atoms with E-state index in [1.807, 2.05) is 0 Å². The molecule has 44 heavy (non-hydrogen) atoms. The van der Waals surface area contributed by atoms with Gasteiger partial charge in [-0.3, -0.25) is 14.4 Å². The summed E-state index contributed by atoms with van der Waals surface area (Å²) >= 11 is 0. The van der Waals surface area contributed by atoms with E-state index in [-0.39, 0.29) is 31.1 Å². The van der Waals surface area contributed by atoms with Gasteiger partial charge < -0.3 is 14.2 Å². The molecular weight excluding hydrogens is 552 g/mol. The monoisotopic (exact) mass is 625 g/mol. The molecule has 0 aliphatic carbocycles. The van der Waals surface area contributed by atoms with Crippen molar-refractivity contribution in [2.45, 2.75) is 207 Å². The quantitative estimate of drug-likeness (QED) is 0.0410. The lowest BCUT2D eigenvalue weighted by Gasteiger charge is -2.18. The van der Waals surface area contributed by atoms with Crippen molar-refractivity contribution in [3.8, 4) is 0 Å². The van der Waals surface area contributed by atoms with Crippen molar-refractivity contribution in [2.24, 2.45) is 5.92 Å². The Morgan fingerprint density at radius 3 is 1.18 bits per heavy atom. The summed E-state index contributed by atoms with van der Waals surface area (Å²) < 4.78 is 16.5. The second-order valence-electron chi connectivity index (χ2n) is 13.1. The van der Waals surface area contributed by atoms with Gasteiger partial charge in [0.15, 0.2) is 6.10 Å². The van der Waals surface area contributed by atoms with E-state index in [9.17, 15) is 14.4 Å². The number of hydrogen-bond donors (Lipinski definition) is 0. The minimum Gasteiger partial charge on any atom is -0.462 e. The van der Waals surface area contributed by atoms with E-state index in [0.717, 1.165) is 70.1 Å². The molecule has 0 heterocycles. The van der Waals surface area contributed by atoms with E-state index in [2.05, 4.69) is 27.7 Å². The molecule has 0 saturated carbocycles. The van der Waals surface area contributed by atoms with Crippen molar-refractivity contribution in [3.63, 3.8) is 0 Å². The topological polar surface area (TPSA) is 78.9 Å². The van der Waals surface area contributed by atoms with Crippen LogP contribution in [0, 0.1) is 5.92 Å². The van der Waals surface area contributed by atoms with Gasteiger partial charge in [-0.1, -0.05) is 163 Å². The van der Waals surface area contributed by atoms with Crippen LogP contribution in [0.25, 0.3) is 0 Å². The Labute approximate surface area is 272 Å². The maximum atomic E-state index is 12.5. The van der Waals surface area contributed by atoms with E-state index in [1.54, 1.807) is 0 Å². The Kier molecular flexibility index (Phi) is 31.6. The van der Waals surface area contributed by atoms with Crippen LogP contribution >= 0.6 is 0 Å². The van der Waals surface area contributed by atoms with Crippen LogP contribution in [0.3, 0.4) is 0 Å². The molecule has 0 N–H and O–H groups in total. The summed E-state index contributed by atoms with van der Waals surface area (Å²) in [4.78, 5) is 37.1. The SMILES string of the molecule is CCCCCCCCCCCC(=O)O[C@@H](COC(=O)CCCCCCC)COC(=O)CCCCCCCCCCC(C)CC. The van der Waals surface area contributed by atoms with Crippen molar-refractivity contribution in [3.05, 3.63) is 0 Å². The van der Waals surface area contributed by atoms with E-state index < -0.39 is 6.10 Å². The summed E-state index contributed by atoms with van der Waals surface area (Å²) in [5.41, 5.74) is 0. The molecule has 6 heteroatoms. The zero-order chi connectivity index (χ0) is 32.5. The molecule has 0 aromatic heterocycles. The van der Waals surface area contributed by atoms with Crippen LogP contribution in [0.4, 0.5) is 0 Å². The third-order valence-corrected chi connectivity index (χ3v) is 8.65. The number of rotatable bonds is 33. The molecule has 0 saturated heterocycles. The Morgan fingerprint density at radius 2 is 0.795 bits per heavy atom. The maximum absolute atomic E-state index is 12.5. The van der Waals surface area contributed by atoms with Gasteiger partial charge in [0.25, 0.3) is 0 Å². The molecule has 0 bridgehead atoms. The highest BCUT2D eigenvalue weighted by molar-refractivity contribution is 5.71. The van der Waals surface area contributed by atoms with Gasteiger partial charge in [-0.15, -0.1) is 0 Å². The molecule has 0 amide bonds. The van der Waals surface area contributed by atoms with E-state index >= 15 is 0 Å². The van der Waals surface area contributed by atoms with Crippen LogP contribution in [0.2, 0.25) is 0 Å². The third kappa shape index (κ3) is 30.4. The predicted molar refractivity (Wildman–Crippen MR) is 183 cm³/mol. The van der Waals surface area contributed by atoms with Gasteiger partial charge in [-0.05, 0) is 25.2 Å². The van der Waals surface area contributed by atoms with Gasteiger partial charge in [-0.2, -0.15) is 0 Å². The van der Waals surface area contributed by atoms with E-state index in [4.69, 9.17) is 14.2 Å². The first-order chi connectivity index (χ1) is 21.4. The molecule has 0 aliphatic heterocycles. The lowest BCUT2D eigenvalue weighted by molar-refractivity contribution is -0.167. The van der Waals surface area contributed by atoms with Crippen molar-refractivity contribution < 1.29 is 28.6 Å². The number of esters is 3. The van der Waals surface area contributed by atoms with Crippen molar-refractivity contribution >= 4 is 17.9 Å². The molecule has 0 radical (unpaired) electrons. The smallest absolute Gasteiger partial charge is 0.306 e. The van der Waals surface area contributed by atoms with Gasteiger partial charge in [0, 0.05) is 19.3 Å². The summed E-state index contributed by atoms with van der Waals surface area (Å²) in [5, 5.41) is 0. The third-order valence-electron chi connectivity index (χ3n) is 8.65. The fraction of sp³-hybridized carbons (Fsp3) is 0.921. The van der Waals surface area contributed by atoms with E-state index in [0.29, 0.717) is 19.3 Å². The molecule has 0 aromatic rings. The summed E-state index contributed by atoms with van der Waals surface area (Å²) in [7, 11) is 0. The first-order valence-corrected chi connectivity index (χ1v) is 18.9. The second-order valence-corrected chi connectivity index (χ2v) is 13.1. The number of carbonyl (C=O) groups excluding carboxylic acids is 3. The van der Waals surface area contributed by atoms with Crippen LogP contribution in [0.1, 0.15) is 201 Å². The predicted octanol–water partition coefficient (Wildman–Crippen LogP) is 11.2. The lowest BCUT2D eigenvalue weighted by Crippen LogP contribution is -2.30. The highest BCUT2D eigenvalue weighted by Crippen LogP contribution is 2.16. The molecule has 260 valence electrons. The minimum atomic E-state index is -0.755. The van der Waals surface area contributed by atoms with Crippen molar-refractivity contribution in [1.82, 2.24) is 0 Å². The molecule has 0 rings (SSSR count). The summed E-state index contributed by atoms with van der Waals surface area (Å²) in [5.74, 6) is -0.0353. The summed E-state index contributed by atoms with van der Waals surface area (Å²) in [6.07, 6.45) is 28.3. The second kappa shape index (κ2) is 32.8. The Hall–Kier alpha value is -1.59. The number of ether oxygens (including phenoxy) is 3. The fourth-order valence-electron chi connectivity index (χ4n) is 5.36. The lowest BCUT2D eigenvalue weighted by atomic mass is 9.99. The molecule has 0 aliphatic rings. The molecule has 0 aromatic carbocycles. The first-order valence-electron chi connectivity index (χ1n) is 18.9. The average molecular weight is 625 g/mol. The van der Waals surface area contributed by atoms with Gasteiger partial charge in [0.1, 0.15) is 13.2 Å². The van der Waals surface area contributed by atoms with Gasteiger partial charge in [0.05, 0.1) is 0 Å². The zero-order valence-electron chi connectivity index (χ0n) is 29.6. The fourth-order valence-corrected chi connectivity index (χ4v) is 5.36. The Morgan fingerprint density at radius 1 is 0.455 bits per heavy atom. The molecule has 2 atom stereocenters. The Bertz CT molecular complexity index is 664. The normalized spacial score (nSPS) is 12.5. The van der Waals surface area contributed by atoms with Crippen LogP contribution in [0.5, 0.6) is 0 Å². The largest absolute Gasteiger partial charge is 0.462 e. The van der Waals surface area contributed by atoms with Gasteiger partial charge in [0.2, 0.25) is 0 Å². The molecule has 0 spiro atoms. The van der Waals surface area contributed by atoms with E-state index in [1.165, 1.54) is 89.9 Å². The highest BCUT2D eigenvalue weighted by Gasteiger charge is 2.19. The van der Waals surface area contributed by atoms with Crippen LogP contribution < -0.4 is 0 Å². The van der Waals surface area contributed by atoms with Crippen molar-refractivity contribution in [2.75, 3.05) is 13.2 Å². The van der Waals surface area contributed by atoms with Gasteiger partial charge >= 0.3 is 17.9 Å². The minimum absolute atomic E-state index is 0.0667. The molecule has 1 unspecified atom stereocenters. The number of hydrogen-bond acceptors (Lipinski definition) is 6. The zero-order valence-corrected chi connectivity index (χ0v) is 29.6. The van der Waals surface area contributed by atoms with Crippen LogP contribution in [0.15, 0.2) is 0 Å². The van der Waals surface area contributed by atoms with Crippen LogP contribution in [-0.2, 0) is 28.6 Å². The first kappa shape index (κ1) is 42.4. The summed E-state index contributed by atoms with van der Waals surface area (Å²) in [6, 6.07) is 0.